The summed E-state index contributed by atoms with van der Waals surface area (Å²) in [4.78, 5) is 4.31. The van der Waals surface area contributed by atoms with Crippen molar-refractivity contribution >= 4 is 15.5 Å². The predicted molar refractivity (Wildman–Crippen MR) is 74.8 cm³/mol. The lowest BCUT2D eigenvalue weighted by Gasteiger charge is -2.07. The van der Waals surface area contributed by atoms with Gasteiger partial charge in [0.05, 0.1) is 5.52 Å². The van der Waals surface area contributed by atoms with Gasteiger partial charge in [-0.2, -0.15) is 0 Å². The van der Waals surface area contributed by atoms with Gasteiger partial charge in [0.2, 0.25) is 0 Å². The fraction of sp³-hybridized carbons (Fsp3) is 0.462. The molecule has 0 aliphatic rings. The first-order valence-electron chi connectivity index (χ1n) is 6.36. The minimum Gasteiger partial charge on any atom is -0.300 e. The molecule has 0 fully saturated rings. The number of aryl methyl sites for hydroxylation is 2. The molecule has 1 N–H and O–H groups in total. The van der Waals surface area contributed by atoms with Crippen molar-refractivity contribution in [1.29, 1.82) is 0 Å². The van der Waals surface area contributed by atoms with E-state index in [0.717, 1.165) is 11.5 Å². The number of hydrogen-bond donors (Lipinski definition) is 1. The van der Waals surface area contributed by atoms with Crippen molar-refractivity contribution in [1.82, 2.24) is 14.1 Å². The second-order valence-corrected chi connectivity index (χ2v) is 6.48. The van der Waals surface area contributed by atoms with Crippen LogP contribution < -0.4 is 4.72 Å². The highest BCUT2D eigenvalue weighted by atomic mass is 32.2. The summed E-state index contributed by atoms with van der Waals surface area (Å²) in [6, 6.07) is 5.42. The smallest absolute Gasteiger partial charge is 0.260 e. The highest BCUT2D eigenvalue weighted by Crippen LogP contribution is 2.20. The number of aromatic nitrogens is 2. The van der Waals surface area contributed by atoms with Crippen molar-refractivity contribution in [3.05, 3.63) is 29.7 Å². The molecule has 104 valence electrons. The third kappa shape index (κ3) is 2.50. The summed E-state index contributed by atoms with van der Waals surface area (Å²) >= 11 is 0. The Labute approximate surface area is 113 Å². The van der Waals surface area contributed by atoms with Crippen LogP contribution >= 0.6 is 0 Å². The molecule has 0 aromatic carbocycles. The zero-order valence-corrected chi connectivity index (χ0v) is 12.5. The fourth-order valence-electron chi connectivity index (χ4n) is 2.15. The molecular weight excluding hydrogens is 262 g/mol. The molecule has 0 amide bonds. The molecule has 0 aliphatic heterocycles. The average molecular weight is 281 g/mol. The number of pyridine rings is 1. The molecular formula is C13H19N3O2S. The number of fused-ring (bicyclic) bond motifs is 1. The molecule has 2 heterocycles. The van der Waals surface area contributed by atoms with Crippen LogP contribution in [0.4, 0.5) is 0 Å². The van der Waals surface area contributed by atoms with Crippen LogP contribution in [0.3, 0.4) is 0 Å². The van der Waals surface area contributed by atoms with E-state index in [1.54, 1.807) is 19.9 Å². The SMILES string of the molecule is CCc1nc(S(=O)(=O)NC(C)C)c2cccc(C)n12. The molecule has 0 aliphatic carbocycles. The van der Waals surface area contributed by atoms with Gasteiger partial charge in [-0.3, -0.25) is 4.40 Å². The van der Waals surface area contributed by atoms with E-state index in [-0.39, 0.29) is 11.1 Å². The molecule has 0 unspecified atom stereocenters. The third-order valence-corrected chi connectivity index (χ3v) is 4.45. The maximum absolute atomic E-state index is 12.3. The van der Waals surface area contributed by atoms with Gasteiger partial charge in [0.15, 0.2) is 5.03 Å². The predicted octanol–water partition coefficient (Wildman–Crippen LogP) is 1.89. The Kier molecular flexibility index (Phi) is 3.64. The van der Waals surface area contributed by atoms with Crippen LogP contribution in [0.25, 0.3) is 5.52 Å². The Morgan fingerprint density at radius 1 is 1.37 bits per heavy atom. The van der Waals surface area contributed by atoms with E-state index in [9.17, 15) is 8.42 Å². The Bertz CT molecular complexity index is 702. The van der Waals surface area contributed by atoms with Gasteiger partial charge in [-0.15, -0.1) is 0 Å². The van der Waals surface area contributed by atoms with Crippen LogP contribution in [0.1, 0.15) is 32.3 Å². The van der Waals surface area contributed by atoms with Crippen molar-refractivity contribution in [2.75, 3.05) is 0 Å². The highest BCUT2D eigenvalue weighted by Gasteiger charge is 2.23. The van der Waals surface area contributed by atoms with E-state index in [0.29, 0.717) is 11.9 Å². The van der Waals surface area contributed by atoms with Crippen LogP contribution in [0.15, 0.2) is 23.2 Å². The lowest BCUT2D eigenvalue weighted by atomic mass is 10.3. The van der Waals surface area contributed by atoms with Crippen molar-refractivity contribution in [2.45, 2.75) is 45.2 Å². The highest BCUT2D eigenvalue weighted by molar-refractivity contribution is 7.89. The maximum atomic E-state index is 12.3. The normalized spacial score (nSPS) is 12.5. The molecule has 0 saturated carbocycles. The maximum Gasteiger partial charge on any atom is 0.260 e. The fourth-order valence-corrected chi connectivity index (χ4v) is 3.55. The molecule has 6 heteroatoms. The number of imidazole rings is 1. The summed E-state index contributed by atoms with van der Waals surface area (Å²) in [7, 11) is -3.57. The molecule has 0 bridgehead atoms. The molecule has 0 spiro atoms. The van der Waals surface area contributed by atoms with Crippen LogP contribution in [-0.2, 0) is 16.4 Å². The van der Waals surface area contributed by atoms with Gasteiger partial charge in [0.25, 0.3) is 10.0 Å². The molecule has 2 rings (SSSR count). The molecule has 2 aromatic rings. The van der Waals surface area contributed by atoms with E-state index in [1.165, 1.54) is 0 Å². The number of nitrogens with zero attached hydrogens (tertiary/aromatic N) is 2. The zero-order chi connectivity index (χ0) is 14.2. The van der Waals surface area contributed by atoms with Crippen molar-refractivity contribution in [3.63, 3.8) is 0 Å². The molecule has 0 radical (unpaired) electrons. The lowest BCUT2D eigenvalue weighted by molar-refractivity contribution is 0.567. The standard InChI is InChI=1S/C13H19N3O2S/c1-5-12-14-13(19(17,18)15-9(2)3)11-8-6-7-10(4)16(11)12/h6-9,15H,5H2,1-4H3. The van der Waals surface area contributed by atoms with Crippen molar-refractivity contribution in [2.24, 2.45) is 0 Å². The average Bonchev–Trinajstić information content (AvgIpc) is 2.68. The van der Waals surface area contributed by atoms with E-state index < -0.39 is 10.0 Å². The van der Waals surface area contributed by atoms with Gasteiger partial charge in [-0.05, 0) is 32.9 Å². The number of hydrogen-bond acceptors (Lipinski definition) is 3. The lowest BCUT2D eigenvalue weighted by Crippen LogP contribution is -2.30. The van der Waals surface area contributed by atoms with Crippen LogP contribution in [0.2, 0.25) is 0 Å². The molecule has 0 atom stereocenters. The van der Waals surface area contributed by atoms with Gasteiger partial charge in [-0.1, -0.05) is 13.0 Å². The topological polar surface area (TPSA) is 63.5 Å². The molecule has 19 heavy (non-hydrogen) atoms. The van der Waals surface area contributed by atoms with E-state index in [2.05, 4.69) is 9.71 Å². The zero-order valence-electron chi connectivity index (χ0n) is 11.6. The number of rotatable bonds is 4. The molecule has 2 aromatic heterocycles. The van der Waals surface area contributed by atoms with E-state index >= 15 is 0 Å². The van der Waals surface area contributed by atoms with Crippen molar-refractivity contribution < 1.29 is 8.42 Å². The van der Waals surface area contributed by atoms with Gasteiger partial charge in [-0.25, -0.2) is 18.1 Å². The third-order valence-electron chi connectivity index (χ3n) is 2.85. The first kappa shape index (κ1) is 14.0. The van der Waals surface area contributed by atoms with Gasteiger partial charge in [0, 0.05) is 18.2 Å². The summed E-state index contributed by atoms with van der Waals surface area (Å²) in [5.74, 6) is 0.761. The quantitative estimate of drug-likeness (QED) is 0.931. The first-order valence-corrected chi connectivity index (χ1v) is 7.84. The Hall–Kier alpha value is -1.40. The van der Waals surface area contributed by atoms with Crippen LogP contribution in [-0.4, -0.2) is 23.8 Å². The van der Waals surface area contributed by atoms with E-state index in [4.69, 9.17) is 0 Å². The summed E-state index contributed by atoms with van der Waals surface area (Å²) < 4.78 is 29.1. The second-order valence-electron chi connectivity index (χ2n) is 4.85. The van der Waals surface area contributed by atoms with Gasteiger partial charge >= 0.3 is 0 Å². The Morgan fingerprint density at radius 2 is 2.05 bits per heavy atom. The Morgan fingerprint density at radius 3 is 2.63 bits per heavy atom. The Balaban J connectivity index is 2.72. The summed E-state index contributed by atoms with van der Waals surface area (Å²) in [5, 5.41) is 0.113. The monoisotopic (exact) mass is 281 g/mol. The van der Waals surface area contributed by atoms with E-state index in [1.807, 2.05) is 30.4 Å². The van der Waals surface area contributed by atoms with Crippen LogP contribution in [0.5, 0.6) is 0 Å². The van der Waals surface area contributed by atoms with Crippen molar-refractivity contribution in [3.8, 4) is 0 Å². The minimum absolute atomic E-state index is 0.113. The number of sulfonamides is 1. The number of nitrogens with one attached hydrogen (secondary N) is 1. The molecule has 0 saturated heterocycles. The second kappa shape index (κ2) is 4.94. The summed E-state index contributed by atoms with van der Waals surface area (Å²) in [6.07, 6.45) is 0.684. The summed E-state index contributed by atoms with van der Waals surface area (Å²) in [6.45, 7) is 7.50. The van der Waals surface area contributed by atoms with Gasteiger partial charge < -0.3 is 0 Å². The molecule has 5 nitrogen and oxygen atoms in total. The minimum atomic E-state index is -3.57. The van der Waals surface area contributed by atoms with Crippen LogP contribution in [0, 0.1) is 6.92 Å². The first-order chi connectivity index (χ1) is 8.86. The largest absolute Gasteiger partial charge is 0.300 e. The summed E-state index contributed by atoms with van der Waals surface area (Å²) in [5.41, 5.74) is 1.61. The van der Waals surface area contributed by atoms with Gasteiger partial charge in [0.1, 0.15) is 5.82 Å².